The fourth-order valence-corrected chi connectivity index (χ4v) is 3.70. The summed E-state index contributed by atoms with van der Waals surface area (Å²) >= 11 is 5.98. The zero-order valence-electron chi connectivity index (χ0n) is 15.8. The first-order chi connectivity index (χ1) is 13.4. The number of fused-ring (bicyclic) bond motifs is 2. The van der Waals surface area contributed by atoms with Crippen LogP contribution in [0.3, 0.4) is 0 Å². The number of anilines is 1. The van der Waals surface area contributed by atoms with Crippen molar-refractivity contribution in [3.8, 4) is 0 Å². The van der Waals surface area contributed by atoms with Crippen molar-refractivity contribution in [2.45, 2.75) is 45.2 Å². The number of nitrogens with zero attached hydrogens (tertiary/aromatic N) is 4. The highest BCUT2D eigenvalue weighted by atomic mass is 35.5. The van der Waals surface area contributed by atoms with Gasteiger partial charge >= 0.3 is 0 Å². The van der Waals surface area contributed by atoms with Gasteiger partial charge in [0, 0.05) is 30.7 Å². The highest BCUT2D eigenvalue weighted by molar-refractivity contribution is 6.29. The van der Waals surface area contributed by atoms with Crippen molar-refractivity contribution in [2.75, 3.05) is 11.9 Å². The van der Waals surface area contributed by atoms with Gasteiger partial charge in [-0.2, -0.15) is 4.98 Å². The SMILES string of the molecule is Cc1cc2c(NC3(C)CC3)nc(C(=O)N3CCc4nc(Cl)ccc4C3)nc2o1. The maximum atomic E-state index is 13.1. The van der Waals surface area contributed by atoms with E-state index in [9.17, 15) is 4.79 Å². The van der Waals surface area contributed by atoms with Crippen LogP contribution in [0.2, 0.25) is 5.15 Å². The molecule has 0 unspecified atom stereocenters. The molecule has 2 aliphatic rings. The molecule has 5 rings (SSSR count). The van der Waals surface area contributed by atoms with Crippen LogP contribution in [0.5, 0.6) is 0 Å². The number of amides is 1. The maximum Gasteiger partial charge on any atom is 0.292 e. The number of nitrogens with one attached hydrogen (secondary N) is 1. The molecule has 144 valence electrons. The Morgan fingerprint density at radius 3 is 2.89 bits per heavy atom. The van der Waals surface area contributed by atoms with Gasteiger partial charge in [-0.3, -0.25) is 4.79 Å². The summed E-state index contributed by atoms with van der Waals surface area (Å²) < 4.78 is 5.70. The topological polar surface area (TPSA) is 84.2 Å². The standard InChI is InChI=1S/C20H20ClN5O2/c1-11-9-13-16(25-20(2)6-7-20)23-17(24-18(13)28-11)19(27)26-8-5-14-12(10-26)3-4-15(21)22-14/h3-4,9H,5-8,10H2,1-2H3,(H,23,24,25). The average molecular weight is 398 g/mol. The molecule has 28 heavy (non-hydrogen) atoms. The molecule has 0 bridgehead atoms. The van der Waals surface area contributed by atoms with Crippen LogP contribution in [-0.2, 0) is 13.0 Å². The molecule has 1 amide bonds. The average Bonchev–Trinajstić information content (AvgIpc) is 3.26. The van der Waals surface area contributed by atoms with Crippen LogP contribution in [0.4, 0.5) is 5.82 Å². The smallest absolute Gasteiger partial charge is 0.292 e. The third kappa shape index (κ3) is 3.09. The van der Waals surface area contributed by atoms with Gasteiger partial charge in [0.25, 0.3) is 5.91 Å². The Bertz CT molecular complexity index is 1110. The molecular formula is C20H20ClN5O2. The van der Waals surface area contributed by atoms with Crippen molar-refractivity contribution in [1.82, 2.24) is 19.9 Å². The van der Waals surface area contributed by atoms with Crippen molar-refractivity contribution in [2.24, 2.45) is 0 Å². The zero-order valence-corrected chi connectivity index (χ0v) is 16.5. The van der Waals surface area contributed by atoms with E-state index >= 15 is 0 Å². The normalized spacial score (nSPS) is 17.5. The molecule has 0 radical (unpaired) electrons. The first-order valence-corrected chi connectivity index (χ1v) is 9.78. The summed E-state index contributed by atoms with van der Waals surface area (Å²) in [5, 5.41) is 4.75. The van der Waals surface area contributed by atoms with E-state index in [2.05, 4.69) is 27.2 Å². The van der Waals surface area contributed by atoms with Gasteiger partial charge in [-0.05, 0) is 44.4 Å². The number of carbonyl (C=O) groups is 1. The lowest BCUT2D eigenvalue weighted by Gasteiger charge is -2.27. The molecule has 0 saturated heterocycles. The largest absolute Gasteiger partial charge is 0.443 e. The predicted octanol–water partition coefficient (Wildman–Crippen LogP) is 3.74. The van der Waals surface area contributed by atoms with Crippen LogP contribution in [0, 0.1) is 6.92 Å². The minimum Gasteiger partial charge on any atom is -0.443 e. The quantitative estimate of drug-likeness (QED) is 0.678. The van der Waals surface area contributed by atoms with Gasteiger partial charge in [-0.25, -0.2) is 9.97 Å². The number of hydrogen-bond donors (Lipinski definition) is 1. The summed E-state index contributed by atoms with van der Waals surface area (Å²) in [6.07, 6.45) is 2.82. The Morgan fingerprint density at radius 1 is 1.29 bits per heavy atom. The minimum absolute atomic E-state index is 0.0295. The summed E-state index contributed by atoms with van der Waals surface area (Å²) in [7, 11) is 0. The van der Waals surface area contributed by atoms with Crippen LogP contribution in [0.1, 0.15) is 47.4 Å². The summed E-state index contributed by atoms with van der Waals surface area (Å²) in [5.41, 5.74) is 2.41. The van der Waals surface area contributed by atoms with Crippen molar-refractivity contribution >= 4 is 34.4 Å². The van der Waals surface area contributed by atoms with E-state index in [-0.39, 0.29) is 17.3 Å². The lowest BCUT2D eigenvalue weighted by Crippen LogP contribution is -2.37. The number of furan rings is 1. The fourth-order valence-electron chi connectivity index (χ4n) is 3.54. The molecule has 0 atom stereocenters. The first kappa shape index (κ1) is 17.4. The molecule has 1 N–H and O–H groups in total. The van der Waals surface area contributed by atoms with Crippen molar-refractivity contribution in [1.29, 1.82) is 0 Å². The van der Waals surface area contributed by atoms with E-state index in [1.165, 1.54) is 0 Å². The molecule has 3 aromatic heterocycles. The monoisotopic (exact) mass is 397 g/mol. The van der Waals surface area contributed by atoms with Crippen LogP contribution >= 0.6 is 11.6 Å². The molecule has 8 heteroatoms. The number of rotatable bonds is 3. The van der Waals surface area contributed by atoms with E-state index in [1.807, 2.05) is 19.1 Å². The van der Waals surface area contributed by atoms with Gasteiger partial charge in [-0.15, -0.1) is 0 Å². The predicted molar refractivity (Wildman–Crippen MR) is 105 cm³/mol. The van der Waals surface area contributed by atoms with Crippen LogP contribution in [0.25, 0.3) is 11.1 Å². The van der Waals surface area contributed by atoms with Gasteiger partial charge < -0.3 is 14.6 Å². The first-order valence-electron chi connectivity index (χ1n) is 9.40. The second-order valence-electron chi connectivity index (χ2n) is 7.87. The Morgan fingerprint density at radius 2 is 2.11 bits per heavy atom. The number of carbonyl (C=O) groups excluding carboxylic acids is 1. The molecule has 1 fully saturated rings. The third-order valence-corrected chi connectivity index (χ3v) is 5.64. The molecule has 0 spiro atoms. The maximum absolute atomic E-state index is 13.1. The van der Waals surface area contributed by atoms with E-state index < -0.39 is 0 Å². The Labute approximate surface area is 167 Å². The fraction of sp³-hybridized carbons (Fsp3) is 0.400. The molecule has 0 aromatic carbocycles. The summed E-state index contributed by atoms with van der Waals surface area (Å²) in [5.74, 6) is 1.35. The molecule has 1 aliphatic heterocycles. The Balaban J connectivity index is 1.48. The molecule has 3 aromatic rings. The van der Waals surface area contributed by atoms with Gasteiger partial charge in [-0.1, -0.05) is 17.7 Å². The van der Waals surface area contributed by atoms with Crippen LogP contribution in [-0.4, -0.2) is 37.8 Å². The van der Waals surface area contributed by atoms with Crippen LogP contribution < -0.4 is 5.32 Å². The van der Waals surface area contributed by atoms with E-state index in [0.717, 1.165) is 35.2 Å². The lowest BCUT2D eigenvalue weighted by atomic mass is 10.1. The van der Waals surface area contributed by atoms with Crippen LogP contribution in [0.15, 0.2) is 22.6 Å². The number of aryl methyl sites for hydroxylation is 1. The molecular weight excluding hydrogens is 378 g/mol. The molecule has 7 nitrogen and oxygen atoms in total. The second kappa shape index (κ2) is 6.17. The minimum atomic E-state index is -0.208. The number of halogens is 1. The second-order valence-corrected chi connectivity index (χ2v) is 8.26. The summed E-state index contributed by atoms with van der Waals surface area (Å²) in [4.78, 5) is 28.2. The zero-order chi connectivity index (χ0) is 19.5. The summed E-state index contributed by atoms with van der Waals surface area (Å²) in [6, 6.07) is 5.58. The molecule has 1 saturated carbocycles. The lowest BCUT2D eigenvalue weighted by molar-refractivity contribution is 0.0721. The number of aromatic nitrogens is 3. The van der Waals surface area contributed by atoms with Gasteiger partial charge in [0.05, 0.1) is 5.39 Å². The highest BCUT2D eigenvalue weighted by Gasteiger charge is 2.38. The third-order valence-electron chi connectivity index (χ3n) is 5.43. The Kier molecular flexibility index (Phi) is 3.84. The van der Waals surface area contributed by atoms with Gasteiger partial charge in [0.15, 0.2) is 0 Å². The van der Waals surface area contributed by atoms with E-state index in [0.29, 0.717) is 36.2 Å². The van der Waals surface area contributed by atoms with Crippen molar-refractivity contribution in [3.63, 3.8) is 0 Å². The number of hydrogen-bond acceptors (Lipinski definition) is 6. The Hall–Kier alpha value is -2.67. The van der Waals surface area contributed by atoms with E-state index in [4.69, 9.17) is 16.0 Å². The summed E-state index contributed by atoms with van der Waals surface area (Å²) in [6.45, 7) is 5.04. The molecule has 1 aliphatic carbocycles. The van der Waals surface area contributed by atoms with Gasteiger partial charge in [0.1, 0.15) is 16.7 Å². The van der Waals surface area contributed by atoms with Gasteiger partial charge in [0.2, 0.25) is 11.5 Å². The highest BCUT2D eigenvalue weighted by Crippen LogP contribution is 2.39. The van der Waals surface area contributed by atoms with Crippen molar-refractivity contribution < 1.29 is 9.21 Å². The molecule has 4 heterocycles. The number of pyridine rings is 1. The van der Waals surface area contributed by atoms with Crippen molar-refractivity contribution in [3.05, 3.63) is 46.2 Å². The van der Waals surface area contributed by atoms with E-state index in [1.54, 1.807) is 11.0 Å².